The normalized spacial score (nSPS) is 14.6. The summed E-state index contributed by atoms with van der Waals surface area (Å²) in [5, 5.41) is 3.57. The van der Waals surface area contributed by atoms with E-state index in [1.165, 1.54) is 26.2 Å². The number of esters is 1. The van der Waals surface area contributed by atoms with Gasteiger partial charge in [-0.05, 0) is 59.2 Å². The molecule has 1 aliphatic rings. The van der Waals surface area contributed by atoms with Gasteiger partial charge in [-0.3, -0.25) is 9.69 Å². The highest BCUT2D eigenvalue weighted by Crippen LogP contribution is 2.34. The molecule has 6 nitrogen and oxygen atoms in total. The Morgan fingerprint density at radius 3 is 2.14 bits per heavy atom. The first-order valence-electron chi connectivity index (χ1n) is 14.5. The van der Waals surface area contributed by atoms with Crippen LogP contribution >= 0.6 is 11.6 Å². The lowest BCUT2D eigenvalue weighted by molar-refractivity contribution is -0.147. The molecule has 1 atom stereocenters. The average molecular weight is 618 g/mol. The zero-order valence-corrected chi connectivity index (χ0v) is 25.4. The van der Waals surface area contributed by atoms with Gasteiger partial charge in [-0.15, -0.1) is 0 Å². The number of halogens is 3. The largest absolute Gasteiger partial charge is 0.468 e. The van der Waals surface area contributed by atoms with Crippen molar-refractivity contribution in [2.75, 3.05) is 43.5 Å². The van der Waals surface area contributed by atoms with Crippen molar-refractivity contribution in [3.63, 3.8) is 0 Å². The van der Waals surface area contributed by atoms with Crippen LogP contribution in [-0.4, -0.2) is 50.1 Å². The van der Waals surface area contributed by atoms with Crippen LogP contribution in [0.3, 0.4) is 0 Å². The molecular formula is C35H34ClF2N3O3. The molecule has 0 aliphatic carbocycles. The maximum Gasteiger partial charge on any atom is 0.327 e. The van der Waals surface area contributed by atoms with E-state index < -0.39 is 12.0 Å². The summed E-state index contributed by atoms with van der Waals surface area (Å²) in [6.45, 7) is 4.20. The van der Waals surface area contributed by atoms with Crippen molar-refractivity contribution < 1.29 is 23.1 Å². The second kappa shape index (κ2) is 13.6. The number of hydrogen-bond acceptors (Lipinski definition) is 5. The second-order valence-electron chi connectivity index (χ2n) is 10.7. The molecule has 1 N–H and O–H groups in total. The third kappa shape index (κ3) is 6.93. The fourth-order valence-corrected chi connectivity index (χ4v) is 5.60. The number of nitrogens with one attached hydrogen (secondary N) is 1. The lowest BCUT2D eigenvalue weighted by Crippen LogP contribution is -2.49. The quantitative estimate of drug-likeness (QED) is 0.194. The highest BCUT2D eigenvalue weighted by atomic mass is 35.5. The Hall–Kier alpha value is -4.27. The molecule has 0 spiro atoms. The summed E-state index contributed by atoms with van der Waals surface area (Å²) in [4.78, 5) is 30.3. The molecule has 4 aromatic carbocycles. The van der Waals surface area contributed by atoms with Crippen LogP contribution < -0.4 is 10.2 Å². The Bertz CT molecular complexity index is 1590. The number of alkyl halides is 2. The summed E-state index contributed by atoms with van der Waals surface area (Å²) in [6, 6.07) is 27.6. The minimum Gasteiger partial charge on any atom is -0.468 e. The summed E-state index contributed by atoms with van der Waals surface area (Å²) < 4.78 is 33.3. The predicted octanol–water partition coefficient (Wildman–Crippen LogP) is 7.80. The molecule has 0 bridgehead atoms. The van der Waals surface area contributed by atoms with Crippen molar-refractivity contribution in [3.05, 3.63) is 119 Å². The van der Waals surface area contributed by atoms with Gasteiger partial charge in [0.2, 0.25) is 0 Å². The molecule has 1 amide bonds. The smallest absolute Gasteiger partial charge is 0.327 e. The summed E-state index contributed by atoms with van der Waals surface area (Å²) >= 11 is 6.05. The number of hydrogen-bond donors (Lipinski definition) is 1. The van der Waals surface area contributed by atoms with Crippen molar-refractivity contribution in [1.29, 1.82) is 0 Å². The number of ether oxygens (including phenoxy) is 1. The van der Waals surface area contributed by atoms with Gasteiger partial charge in [0.1, 0.15) is 6.04 Å². The topological polar surface area (TPSA) is 61.9 Å². The van der Waals surface area contributed by atoms with Gasteiger partial charge in [0.15, 0.2) is 0 Å². The number of piperazine rings is 1. The van der Waals surface area contributed by atoms with Crippen LogP contribution in [0.15, 0.2) is 97.1 Å². The minimum atomic E-state index is -2.89. The van der Waals surface area contributed by atoms with Crippen molar-refractivity contribution in [1.82, 2.24) is 4.90 Å². The van der Waals surface area contributed by atoms with E-state index in [0.717, 1.165) is 11.3 Å². The minimum absolute atomic E-state index is 0.0444. The highest BCUT2D eigenvalue weighted by Gasteiger charge is 2.31. The van der Waals surface area contributed by atoms with Crippen LogP contribution in [-0.2, 0) is 15.5 Å². The van der Waals surface area contributed by atoms with Crippen molar-refractivity contribution >= 4 is 34.9 Å². The monoisotopic (exact) mass is 617 g/mol. The molecule has 1 saturated heterocycles. The van der Waals surface area contributed by atoms with E-state index in [9.17, 15) is 18.4 Å². The van der Waals surface area contributed by atoms with Crippen LogP contribution in [0.1, 0.15) is 40.9 Å². The van der Waals surface area contributed by atoms with Crippen LogP contribution in [0.4, 0.5) is 20.2 Å². The zero-order chi connectivity index (χ0) is 31.3. The Kier molecular flexibility index (Phi) is 9.61. The van der Waals surface area contributed by atoms with E-state index >= 15 is 0 Å². The van der Waals surface area contributed by atoms with Gasteiger partial charge in [-0.25, -0.2) is 13.6 Å². The molecule has 1 heterocycles. The molecule has 44 heavy (non-hydrogen) atoms. The van der Waals surface area contributed by atoms with Gasteiger partial charge in [-0.2, -0.15) is 0 Å². The number of carbonyl (C=O) groups is 2. The van der Waals surface area contributed by atoms with Crippen molar-refractivity contribution in [3.8, 4) is 11.1 Å². The van der Waals surface area contributed by atoms with Gasteiger partial charge in [0, 0.05) is 60.1 Å². The summed E-state index contributed by atoms with van der Waals surface area (Å²) in [5.74, 6) is -3.49. The van der Waals surface area contributed by atoms with Crippen molar-refractivity contribution in [2.24, 2.45) is 0 Å². The number of anilines is 2. The fraction of sp³-hybridized carbons (Fsp3) is 0.257. The standard InChI is InChI=1S/C35H34ClF2N3O3/c1-3-35(37,38)26-12-8-24(9-13-26)30-6-4-5-7-31(30)33(42)39-28-16-18-29(19-17-28)40-20-22-41(23-21-40)32(34(43)44-2)25-10-14-27(36)15-11-25/h4-19,32H,3,20-23H2,1-2H3,(H,39,42). The van der Waals surface area contributed by atoms with Gasteiger partial charge in [0.25, 0.3) is 11.8 Å². The van der Waals surface area contributed by atoms with Crippen LogP contribution in [0.25, 0.3) is 11.1 Å². The molecular weight excluding hydrogens is 584 g/mol. The lowest BCUT2D eigenvalue weighted by atomic mass is 9.96. The molecule has 4 aromatic rings. The van der Waals surface area contributed by atoms with Gasteiger partial charge in [-0.1, -0.05) is 73.1 Å². The van der Waals surface area contributed by atoms with E-state index in [-0.39, 0.29) is 23.9 Å². The second-order valence-corrected chi connectivity index (χ2v) is 11.1. The molecule has 9 heteroatoms. The number of rotatable bonds is 9. The SMILES string of the molecule is CCC(F)(F)c1ccc(-c2ccccc2C(=O)Nc2ccc(N3CCN(C(C(=O)OC)c4ccc(Cl)cc4)CC3)cc2)cc1. The first-order chi connectivity index (χ1) is 21.2. The number of methoxy groups -OCH3 is 1. The van der Waals surface area contributed by atoms with E-state index in [2.05, 4.69) is 15.1 Å². The maximum atomic E-state index is 14.1. The van der Waals surface area contributed by atoms with Crippen molar-refractivity contribution in [2.45, 2.75) is 25.3 Å². The summed E-state index contributed by atoms with van der Waals surface area (Å²) in [7, 11) is 1.40. The molecule has 0 saturated carbocycles. The number of nitrogens with zero attached hydrogens (tertiary/aromatic N) is 2. The van der Waals surface area contributed by atoms with E-state index in [4.69, 9.17) is 16.3 Å². The molecule has 1 fully saturated rings. The summed E-state index contributed by atoms with van der Waals surface area (Å²) in [6.07, 6.45) is -0.277. The molecule has 5 rings (SSSR count). The number of amides is 1. The van der Waals surface area contributed by atoms with Crippen LogP contribution in [0.2, 0.25) is 5.02 Å². The molecule has 228 valence electrons. The number of carbonyl (C=O) groups excluding carboxylic acids is 2. The molecule has 0 aromatic heterocycles. The Labute approximate surface area is 261 Å². The van der Waals surface area contributed by atoms with Gasteiger partial charge in [0.05, 0.1) is 7.11 Å². The Morgan fingerprint density at radius 2 is 1.52 bits per heavy atom. The van der Waals surface area contributed by atoms with Gasteiger partial charge < -0.3 is 15.0 Å². The highest BCUT2D eigenvalue weighted by molar-refractivity contribution is 6.30. The maximum absolute atomic E-state index is 14.1. The van der Waals surface area contributed by atoms with E-state index in [1.54, 1.807) is 36.4 Å². The zero-order valence-electron chi connectivity index (χ0n) is 24.6. The summed E-state index contributed by atoms with van der Waals surface area (Å²) in [5.41, 5.74) is 4.24. The fourth-order valence-electron chi connectivity index (χ4n) is 5.48. The van der Waals surface area contributed by atoms with Crippen LogP contribution in [0, 0.1) is 0 Å². The lowest BCUT2D eigenvalue weighted by Gasteiger charge is -2.39. The first kappa shape index (κ1) is 31.2. The Morgan fingerprint density at radius 1 is 0.886 bits per heavy atom. The average Bonchev–Trinajstić information content (AvgIpc) is 3.06. The van der Waals surface area contributed by atoms with Crippen LogP contribution in [0.5, 0.6) is 0 Å². The number of benzene rings is 4. The molecule has 0 radical (unpaired) electrons. The molecule has 1 unspecified atom stereocenters. The Balaban J connectivity index is 1.23. The van der Waals surface area contributed by atoms with E-state index in [1.807, 2.05) is 48.5 Å². The molecule has 1 aliphatic heterocycles. The third-order valence-electron chi connectivity index (χ3n) is 8.01. The predicted molar refractivity (Wildman–Crippen MR) is 170 cm³/mol. The first-order valence-corrected chi connectivity index (χ1v) is 14.9. The van der Waals surface area contributed by atoms with E-state index in [0.29, 0.717) is 53.6 Å². The third-order valence-corrected chi connectivity index (χ3v) is 8.27. The van der Waals surface area contributed by atoms with Gasteiger partial charge >= 0.3 is 5.97 Å².